The molecule has 0 radical (unpaired) electrons. The first kappa shape index (κ1) is 25.3. The zero-order valence-electron chi connectivity index (χ0n) is 18.8. The monoisotopic (exact) mass is 402 g/mol. The number of aromatic nitrogens is 1. The van der Waals surface area contributed by atoms with E-state index in [1.165, 1.54) is 101 Å². The van der Waals surface area contributed by atoms with Gasteiger partial charge in [0.15, 0.2) is 5.88 Å². The number of nitrogens with zero attached hydrogens (tertiary/aromatic N) is 2. The topological polar surface area (TPSA) is 66.0 Å². The van der Waals surface area contributed by atoms with Crippen LogP contribution in [0.5, 0.6) is 5.88 Å². The van der Waals surface area contributed by atoms with Gasteiger partial charge in [-0.3, -0.25) is 9.36 Å². The average molecular weight is 403 g/mol. The summed E-state index contributed by atoms with van der Waals surface area (Å²) in [5.41, 5.74) is 0.309. The van der Waals surface area contributed by atoms with E-state index >= 15 is 0 Å². The number of unbranched alkanes of at least 4 members (excludes halogenated alkanes) is 15. The molecule has 29 heavy (non-hydrogen) atoms. The number of rotatable bonds is 17. The van der Waals surface area contributed by atoms with Crippen molar-refractivity contribution in [2.24, 2.45) is 0 Å². The van der Waals surface area contributed by atoms with Crippen LogP contribution in [0.25, 0.3) is 0 Å². The van der Waals surface area contributed by atoms with Crippen molar-refractivity contribution in [2.45, 2.75) is 123 Å². The van der Waals surface area contributed by atoms with Crippen molar-refractivity contribution in [1.82, 2.24) is 4.57 Å². The summed E-state index contributed by atoms with van der Waals surface area (Å²) in [6.45, 7) is 4.43. The van der Waals surface area contributed by atoms with Crippen LogP contribution in [-0.2, 0) is 6.54 Å². The maximum Gasteiger partial charge on any atom is 0.271 e. The smallest absolute Gasteiger partial charge is 0.271 e. The first-order valence-corrected chi connectivity index (χ1v) is 11.9. The number of aryl methyl sites for hydroxylation is 1. The first-order chi connectivity index (χ1) is 14.1. The standard InChI is InChI=1S/C25H42N2O2/c1-3-4-5-6-7-8-9-10-11-12-13-14-15-16-17-18-19-27-24(28)20-22(2)23(21-26)25(27)29/h20,28H,3-19H2,1-2H3. The molecule has 0 bridgehead atoms. The third-order valence-electron chi connectivity index (χ3n) is 5.82. The molecule has 0 saturated heterocycles. The number of aromatic hydroxyl groups is 1. The molecule has 0 unspecified atom stereocenters. The molecule has 1 N–H and O–H groups in total. The molecule has 1 rings (SSSR count). The average Bonchev–Trinajstić information content (AvgIpc) is 2.70. The van der Waals surface area contributed by atoms with Crippen molar-refractivity contribution in [1.29, 1.82) is 5.26 Å². The minimum absolute atomic E-state index is 0.0348. The Morgan fingerprint density at radius 2 is 1.24 bits per heavy atom. The first-order valence-electron chi connectivity index (χ1n) is 11.9. The summed E-state index contributed by atoms with van der Waals surface area (Å²) in [6, 6.07) is 3.45. The molecule has 0 atom stereocenters. The van der Waals surface area contributed by atoms with Gasteiger partial charge in [-0.1, -0.05) is 103 Å². The van der Waals surface area contributed by atoms with E-state index in [1.54, 1.807) is 6.92 Å². The molecule has 0 fully saturated rings. The van der Waals surface area contributed by atoms with Crippen LogP contribution < -0.4 is 5.56 Å². The Morgan fingerprint density at radius 1 is 0.828 bits per heavy atom. The van der Waals surface area contributed by atoms with E-state index in [1.807, 2.05) is 6.07 Å². The number of nitriles is 1. The van der Waals surface area contributed by atoms with Gasteiger partial charge in [0.25, 0.3) is 5.56 Å². The van der Waals surface area contributed by atoms with Gasteiger partial charge in [0.05, 0.1) is 0 Å². The Bertz CT molecular complexity index is 658. The molecule has 1 aromatic heterocycles. The van der Waals surface area contributed by atoms with E-state index < -0.39 is 0 Å². The molecule has 0 amide bonds. The zero-order chi connectivity index (χ0) is 21.3. The largest absolute Gasteiger partial charge is 0.494 e. The van der Waals surface area contributed by atoms with Crippen molar-refractivity contribution in [2.75, 3.05) is 0 Å². The Balaban J connectivity index is 1.98. The van der Waals surface area contributed by atoms with Gasteiger partial charge in [0.2, 0.25) is 0 Å². The van der Waals surface area contributed by atoms with Crippen LogP contribution >= 0.6 is 0 Å². The molecule has 0 aliphatic carbocycles. The maximum absolute atomic E-state index is 12.2. The number of hydrogen-bond donors (Lipinski definition) is 1. The number of hydrogen-bond acceptors (Lipinski definition) is 3. The molecule has 4 heteroatoms. The quantitative estimate of drug-likeness (QED) is 0.285. The molecule has 4 nitrogen and oxygen atoms in total. The van der Waals surface area contributed by atoms with Crippen molar-refractivity contribution < 1.29 is 5.11 Å². The molecule has 0 aliphatic rings. The fraction of sp³-hybridized carbons (Fsp3) is 0.760. The van der Waals surface area contributed by atoms with Crippen LogP contribution in [0.2, 0.25) is 0 Å². The fourth-order valence-corrected chi connectivity index (χ4v) is 3.92. The predicted molar refractivity (Wildman–Crippen MR) is 121 cm³/mol. The van der Waals surface area contributed by atoms with Crippen LogP contribution in [0.4, 0.5) is 0 Å². The summed E-state index contributed by atoms with van der Waals surface area (Å²) in [6.07, 6.45) is 20.9. The van der Waals surface area contributed by atoms with Crippen LogP contribution in [-0.4, -0.2) is 9.67 Å². The summed E-state index contributed by atoms with van der Waals surface area (Å²) >= 11 is 0. The van der Waals surface area contributed by atoms with E-state index in [2.05, 4.69) is 6.92 Å². The van der Waals surface area contributed by atoms with Crippen molar-refractivity contribution in [3.05, 3.63) is 27.5 Å². The van der Waals surface area contributed by atoms with Crippen LogP contribution in [0.3, 0.4) is 0 Å². The van der Waals surface area contributed by atoms with E-state index in [0.717, 1.165) is 12.8 Å². The van der Waals surface area contributed by atoms with Gasteiger partial charge in [-0.15, -0.1) is 0 Å². The maximum atomic E-state index is 12.2. The van der Waals surface area contributed by atoms with Crippen LogP contribution in [0, 0.1) is 18.3 Å². The second-order valence-electron chi connectivity index (χ2n) is 8.43. The molecule has 0 aromatic carbocycles. The van der Waals surface area contributed by atoms with Crippen molar-refractivity contribution in [3.63, 3.8) is 0 Å². The van der Waals surface area contributed by atoms with Gasteiger partial charge in [0.1, 0.15) is 11.6 Å². The van der Waals surface area contributed by atoms with E-state index in [9.17, 15) is 9.90 Å². The minimum Gasteiger partial charge on any atom is -0.494 e. The second-order valence-corrected chi connectivity index (χ2v) is 8.43. The Hall–Kier alpha value is -1.76. The summed E-state index contributed by atoms with van der Waals surface area (Å²) in [5.74, 6) is -0.0348. The Labute approximate surface area is 178 Å². The predicted octanol–water partition coefficient (Wildman–Crippen LogP) is 7.00. The van der Waals surface area contributed by atoms with Gasteiger partial charge < -0.3 is 5.11 Å². The molecule has 1 aromatic rings. The summed E-state index contributed by atoms with van der Waals surface area (Å²) < 4.78 is 1.33. The van der Waals surface area contributed by atoms with Crippen LogP contribution in [0.15, 0.2) is 10.9 Å². The van der Waals surface area contributed by atoms with Crippen molar-refractivity contribution in [3.8, 4) is 11.9 Å². The molecule has 164 valence electrons. The molecule has 0 aliphatic heterocycles. The zero-order valence-corrected chi connectivity index (χ0v) is 18.8. The highest BCUT2D eigenvalue weighted by Crippen LogP contribution is 2.15. The van der Waals surface area contributed by atoms with Gasteiger partial charge in [0, 0.05) is 12.6 Å². The summed E-state index contributed by atoms with van der Waals surface area (Å²) in [5, 5.41) is 19.1. The van der Waals surface area contributed by atoms with Gasteiger partial charge in [-0.25, -0.2) is 0 Å². The minimum atomic E-state index is -0.369. The van der Waals surface area contributed by atoms with Crippen LogP contribution in [0.1, 0.15) is 121 Å². The number of pyridine rings is 1. The highest BCUT2D eigenvalue weighted by molar-refractivity contribution is 5.37. The molecular weight excluding hydrogens is 360 g/mol. The lowest BCUT2D eigenvalue weighted by Gasteiger charge is -2.10. The van der Waals surface area contributed by atoms with E-state index in [-0.39, 0.29) is 17.0 Å². The van der Waals surface area contributed by atoms with Gasteiger partial charge in [-0.05, 0) is 18.9 Å². The Morgan fingerprint density at radius 3 is 1.66 bits per heavy atom. The molecular formula is C25H42N2O2. The molecule has 0 spiro atoms. The van der Waals surface area contributed by atoms with Gasteiger partial charge in [-0.2, -0.15) is 5.26 Å². The highest BCUT2D eigenvalue weighted by Gasteiger charge is 2.11. The SMILES string of the molecule is CCCCCCCCCCCCCCCCCCn1c(O)cc(C)c(C#N)c1=O. The lowest BCUT2D eigenvalue weighted by molar-refractivity contribution is 0.397. The Kier molecular flexibility index (Phi) is 14.0. The lowest BCUT2D eigenvalue weighted by atomic mass is 10.0. The van der Waals surface area contributed by atoms with E-state index in [4.69, 9.17) is 5.26 Å². The second kappa shape index (κ2) is 16.1. The highest BCUT2D eigenvalue weighted by atomic mass is 16.3. The normalized spacial score (nSPS) is 10.9. The molecule has 0 saturated carbocycles. The van der Waals surface area contributed by atoms with Gasteiger partial charge >= 0.3 is 0 Å². The van der Waals surface area contributed by atoms with Crippen molar-refractivity contribution >= 4 is 0 Å². The lowest BCUT2D eigenvalue weighted by Crippen LogP contribution is -2.23. The third kappa shape index (κ3) is 10.5. The summed E-state index contributed by atoms with van der Waals surface area (Å²) in [4.78, 5) is 12.2. The summed E-state index contributed by atoms with van der Waals surface area (Å²) in [7, 11) is 0. The third-order valence-corrected chi connectivity index (χ3v) is 5.82. The molecule has 1 heterocycles. The fourth-order valence-electron chi connectivity index (χ4n) is 3.92. The van der Waals surface area contributed by atoms with E-state index in [0.29, 0.717) is 12.1 Å².